The molecule has 3 rings (SSSR count). The molecule has 2 heterocycles. The van der Waals surface area contributed by atoms with Crippen molar-refractivity contribution in [2.24, 2.45) is 0 Å². The minimum absolute atomic E-state index is 0.0197. The van der Waals surface area contributed by atoms with Gasteiger partial charge in [-0.05, 0) is 59.0 Å². The van der Waals surface area contributed by atoms with Crippen molar-refractivity contribution in [1.82, 2.24) is 4.98 Å². The summed E-state index contributed by atoms with van der Waals surface area (Å²) in [5.41, 5.74) is 1.86. The van der Waals surface area contributed by atoms with Gasteiger partial charge in [0.2, 0.25) is 5.91 Å². The summed E-state index contributed by atoms with van der Waals surface area (Å²) in [5, 5.41) is -0.0197. The molecule has 0 aliphatic carbocycles. The normalized spacial score (nSPS) is 18.9. The van der Waals surface area contributed by atoms with Gasteiger partial charge < -0.3 is 0 Å². The second kappa shape index (κ2) is 5.50. The highest BCUT2D eigenvalue weighted by Gasteiger charge is 2.34. The van der Waals surface area contributed by atoms with E-state index in [0.717, 1.165) is 15.0 Å². The van der Waals surface area contributed by atoms with Gasteiger partial charge in [0.05, 0.1) is 11.4 Å². The number of pyridine rings is 1. The number of carbonyl (C=O) groups is 1. The van der Waals surface area contributed by atoms with Gasteiger partial charge in [0, 0.05) is 15.5 Å². The maximum atomic E-state index is 12.1. The minimum atomic E-state index is -0.0197. The number of amides is 1. The summed E-state index contributed by atoms with van der Waals surface area (Å²) in [4.78, 5) is 18.3. The molecular formula is C14H11IN2OS. The summed E-state index contributed by atoms with van der Waals surface area (Å²) in [6, 6.07) is 13.8. The Morgan fingerprint density at radius 1 is 1.21 bits per heavy atom. The van der Waals surface area contributed by atoms with Gasteiger partial charge in [0.15, 0.2) is 0 Å². The van der Waals surface area contributed by atoms with E-state index in [2.05, 4.69) is 27.6 Å². The van der Waals surface area contributed by atoms with Crippen LogP contribution in [0.2, 0.25) is 0 Å². The molecule has 1 aliphatic heterocycles. The van der Waals surface area contributed by atoms with Gasteiger partial charge in [-0.3, -0.25) is 14.7 Å². The lowest BCUT2D eigenvalue weighted by Crippen LogP contribution is -2.28. The quantitative estimate of drug-likeness (QED) is 0.746. The number of halogens is 1. The molecule has 1 fully saturated rings. The zero-order valence-electron chi connectivity index (χ0n) is 9.99. The number of carbonyl (C=O) groups excluding carboxylic acids is 1. The highest BCUT2D eigenvalue weighted by molar-refractivity contribution is 14.1. The van der Waals surface area contributed by atoms with E-state index in [9.17, 15) is 4.79 Å². The van der Waals surface area contributed by atoms with E-state index in [0.29, 0.717) is 5.75 Å². The zero-order chi connectivity index (χ0) is 13.2. The smallest absolute Gasteiger partial charge is 0.238 e. The van der Waals surface area contributed by atoms with Gasteiger partial charge in [-0.2, -0.15) is 0 Å². The number of hydrogen-bond donors (Lipinski definition) is 0. The van der Waals surface area contributed by atoms with Gasteiger partial charge in [-0.1, -0.05) is 6.07 Å². The van der Waals surface area contributed by atoms with E-state index in [4.69, 9.17) is 0 Å². The van der Waals surface area contributed by atoms with Crippen LogP contribution < -0.4 is 4.90 Å². The van der Waals surface area contributed by atoms with Crippen LogP contribution in [0.5, 0.6) is 0 Å². The van der Waals surface area contributed by atoms with E-state index in [1.807, 2.05) is 47.4 Å². The highest BCUT2D eigenvalue weighted by Crippen LogP contribution is 2.40. The van der Waals surface area contributed by atoms with Crippen LogP contribution in [0.4, 0.5) is 5.69 Å². The molecule has 1 amide bonds. The lowest BCUT2D eigenvalue weighted by Gasteiger charge is -2.23. The molecule has 1 saturated heterocycles. The second-order valence-corrected chi connectivity index (χ2v) is 6.47. The monoisotopic (exact) mass is 382 g/mol. The van der Waals surface area contributed by atoms with Crippen LogP contribution >= 0.6 is 34.4 Å². The van der Waals surface area contributed by atoms with Crippen LogP contribution in [-0.2, 0) is 4.79 Å². The maximum Gasteiger partial charge on any atom is 0.238 e. The molecule has 1 aliphatic rings. The summed E-state index contributed by atoms with van der Waals surface area (Å²) in [6.45, 7) is 0. The van der Waals surface area contributed by atoms with Crippen molar-refractivity contribution in [3.63, 3.8) is 0 Å². The van der Waals surface area contributed by atoms with Crippen molar-refractivity contribution in [3.05, 3.63) is 57.9 Å². The van der Waals surface area contributed by atoms with Crippen LogP contribution in [0.1, 0.15) is 11.1 Å². The number of nitrogens with zero attached hydrogens (tertiary/aromatic N) is 2. The first kappa shape index (κ1) is 12.9. The minimum Gasteiger partial charge on any atom is -0.293 e. The molecule has 3 nitrogen and oxygen atoms in total. The van der Waals surface area contributed by atoms with E-state index >= 15 is 0 Å². The van der Waals surface area contributed by atoms with Gasteiger partial charge in [-0.15, -0.1) is 11.8 Å². The van der Waals surface area contributed by atoms with E-state index < -0.39 is 0 Å². The first-order valence-electron chi connectivity index (χ1n) is 5.86. The number of thioether (sulfide) groups is 1. The molecule has 1 unspecified atom stereocenters. The van der Waals surface area contributed by atoms with E-state index in [1.54, 1.807) is 18.0 Å². The molecule has 0 spiro atoms. The third kappa shape index (κ3) is 2.62. The van der Waals surface area contributed by atoms with Crippen molar-refractivity contribution >= 4 is 45.9 Å². The number of anilines is 1. The van der Waals surface area contributed by atoms with E-state index in [-0.39, 0.29) is 11.3 Å². The Morgan fingerprint density at radius 3 is 2.68 bits per heavy atom. The highest BCUT2D eigenvalue weighted by atomic mass is 127. The number of benzene rings is 1. The molecule has 19 heavy (non-hydrogen) atoms. The molecule has 2 aromatic rings. The molecule has 0 radical (unpaired) electrons. The molecule has 0 saturated carbocycles. The fourth-order valence-corrected chi connectivity index (χ4v) is 3.54. The Kier molecular flexibility index (Phi) is 3.74. The Bertz CT molecular complexity index is 588. The molecule has 1 aromatic carbocycles. The first-order valence-corrected chi connectivity index (χ1v) is 7.98. The van der Waals surface area contributed by atoms with Crippen LogP contribution in [0.15, 0.2) is 48.7 Å². The lowest BCUT2D eigenvalue weighted by molar-refractivity contribution is -0.115. The Labute approximate surface area is 129 Å². The van der Waals surface area contributed by atoms with Crippen molar-refractivity contribution < 1.29 is 4.79 Å². The van der Waals surface area contributed by atoms with Gasteiger partial charge >= 0.3 is 0 Å². The Balaban J connectivity index is 1.97. The summed E-state index contributed by atoms with van der Waals surface area (Å²) in [5.74, 6) is 0.648. The average molecular weight is 382 g/mol. The van der Waals surface area contributed by atoms with Crippen LogP contribution in [0.25, 0.3) is 0 Å². The van der Waals surface area contributed by atoms with E-state index in [1.165, 1.54) is 0 Å². The fraction of sp³-hybridized carbons (Fsp3) is 0.143. The topological polar surface area (TPSA) is 33.2 Å². The molecule has 0 bridgehead atoms. The summed E-state index contributed by atoms with van der Waals surface area (Å²) in [6.07, 6.45) is 1.77. The predicted octanol–water partition coefficient (Wildman–Crippen LogP) is 3.46. The largest absolute Gasteiger partial charge is 0.293 e. The standard InChI is InChI=1S/C14H11IN2OS/c15-10-4-6-11(7-5-10)17-13(18)9-19-14(17)12-3-1-2-8-16-12/h1-8,14H,9H2. The third-order valence-corrected chi connectivity index (χ3v) is 4.81. The molecule has 96 valence electrons. The van der Waals surface area contributed by atoms with Crippen LogP contribution in [0.3, 0.4) is 0 Å². The predicted molar refractivity (Wildman–Crippen MR) is 86.1 cm³/mol. The van der Waals surface area contributed by atoms with Crippen molar-refractivity contribution in [2.75, 3.05) is 10.7 Å². The summed E-state index contributed by atoms with van der Waals surface area (Å²) >= 11 is 3.88. The van der Waals surface area contributed by atoms with Gasteiger partial charge in [-0.25, -0.2) is 0 Å². The van der Waals surface area contributed by atoms with Crippen molar-refractivity contribution in [3.8, 4) is 0 Å². The third-order valence-electron chi connectivity index (χ3n) is 2.91. The fourth-order valence-electron chi connectivity index (χ4n) is 2.05. The molecule has 0 N–H and O–H groups in total. The summed E-state index contributed by atoms with van der Waals surface area (Å²) < 4.78 is 1.16. The average Bonchev–Trinajstić information content (AvgIpc) is 2.83. The second-order valence-electron chi connectivity index (χ2n) is 4.16. The Hall–Kier alpha value is -1.08. The Morgan fingerprint density at radius 2 is 2.00 bits per heavy atom. The molecule has 1 aromatic heterocycles. The number of rotatable bonds is 2. The van der Waals surface area contributed by atoms with Crippen LogP contribution in [0, 0.1) is 3.57 Å². The SMILES string of the molecule is O=C1CSC(c2ccccn2)N1c1ccc(I)cc1. The zero-order valence-corrected chi connectivity index (χ0v) is 13.0. The van der Waals surface area contributed by atoms with Crippen LogP contribution in [-0.4, -0.2) is 16.6 Å². The van der Waals surface area contributed by atoms with Crippen molar-refractivity contribution in [2.45, 2.75) is 5.37 Å². The van der Waals surface area contributed by atoms with Gasteiger partial charge in [0.25, 0.3) is 0 Å². The summed E-state index contributed by atoms with van der Waals surface area (Å²) in [7, 11) is 0. The molecule has 1 atom stereocenters. The maximum absolute atomic E-state index is 12.1. The molecular weight excluding hydrogens is 371 g/mol. The first-order chi connectivity index (χ1) is 9.25. The van der Waals surface area contributed by atoms with Crippen molar-refractivity contribution in [1.29, 1.82) is 0 Å². The number of aromatic nitrogens is 1. The molecule has 5 heteroatoms. The van der Waals surface area contributed by atoms with Gasteiger partial charge in [0.1, 0.15) is 5.37 Å². The number of hydrogen-bond acceptors (Lipinski definition) is 3. The lowest BCUT2D eigenvalue weighted by atomic mass is 10.2.